The van der Waals surface area contributed by atoms with Gasteiger partial charge in [-0.1, -0.05) is 23.2 Å². The maximum absolute atomic E-state index is 11.9. The second-order valence-corrected chi connectivity index (χ2v) is 4.59. The van der Waals surface area contributed by atoms with Gasteiger partial charge in [0, 0.05) is 5.02 Å². The molecule has 0 spiro atoms. The average Bonchev–Trinajstić information content (AvgIpc) is 2.32. The third-order valence-electron chi connectivity index (χ3n) is 2.21. The van der Waals surface area contributed by atoms with Gasteiger partial charge in [0.1, 0.15) is 0 Å². The number of carbonyl (C=O) groups is 3. The molecule has 0 saturated carbocycles. The first-order valence-electron chi connectivity index (χ1n) is 5.28. The number of hydrogen-bond acceptors (Lipinski definition) is 5. The van der Waals surface area contributed by atoms with Crippen LogP contribution in [0, 0.1) is 0 Å². The van der Waals surface area contributed by atoms with E-state index in [9.17, 15) is 14.4 Å². The predicted octanol–water partition coefficient (Wildman–Crippen LogP) is 1.32. The van der Waals surface area contributed by atoms with Gasteiger partial charge in [-0.15, -0.1) is 0 Å². The molecule has 0 heterocycles. The lowest BCUT2D eigenvalue weighted by Crippen LogP contribution is -2.42. The fourth-order valence-electron chi connectivity index (χ4n) is 1.25. The van der Waals surface area contributed by atoms with Crippen LogP contribution < -0.4 is 16.8 Å². The zero-order chi connectivity index (χ0) is 15.4. The highest BCUT2D eigenvalue weighted by atomic mass is 35.5. The molecular formula is C11H11Cl2N3O4. The molecule has 1 rings (SSSR count). The molecule has 7 nitrogen and oxygen atoms in total. The van der Waals surface area contributed by atoms with E-state index < -0.39 is 24.0 Å². The Balaban J connectivity index is 2.87. The number of urea groups is 1. The van der Waals surface area contributed by atoms with Gasteiger partial charge in [0.2, 0.25) is 0 Å². The van der Waals surface area contributed by atoms with Gasteiger partial charge in [-0.05, 0) is 19.1 Å². The third-order valence-corrected chi connectivity index (χ3v) is 2.74. The molecule has 0 radical (unpaired) electrons. The molecule has 108 valence electrons. The number of nitrogens with one attached hydrogen (secondary N) is 1. The molecule has 3 amide bonds. The van der Waals surface area contributed by atoms with Crippen molar-refractivity contribution in [2.45, 2.75) is 13.0 Å². The molecule has 1 aromatic carbocycles. The molecule has 0 bridgehead atoms. The summed E-state index contributed by atoms with van der Waals surface area (Å²) in [5, 5.41) is 2.04. The first-order chi connectivity index (χ1) is 9.22. The minimum Gasteiger partial charge on any atom is -0.449 e. The quantitative estimate of drug-likeness (QED) is 0.572. The summed E-state index contributed by atoms with van der Waals surface area (Å²) in [5.41, 5.74) is 10.3. The monoisotopic (exact) mass is 319 g/mol. The van der Waals surface area contributed by atoms with Gasteiger partial charge in [0.25, 0.3) is 5.91 Å². The Hall–Kier alpha value is -1.99. The van der Waals surface area contributed by atoms with Crippen molar-refractivity contribution in [2.75, 3.05) is 5.73 Å². The van der Waals surface area contributed by atoms with Gasteiger partial charge >= 0.3 is 12.0 Å². The van der Waals surface area contributed by atoms with Crippen LogP contribution in [0.5, 0.6) is 0 Å². The highest BCUT2D eigenvalue weighted by molar-refractivity contribution is 6.37. The Morgan fingerprint density at radius 3 is 2.45 bits per heavy atom. The molecule has 0 aliphatic rings. The van der Waals surface area contributed by atoms with Gasteiger partial charge in [-0.3, -0.25) is 10.1 Å². The summed E-state index contributed by atoms with van der Waals surface area (Å²) in [6, 6.07) is 1.56. The molecule has 1 unspecified atom stereocenters. The van der Waals surface area contributed by atoms with E-state index in [0.29, 0.717) is 0 Å². The van der Waals surface area contributed by atoms with Gasteiger partial charge in [-0.2, -0.15) is 0 Å². The number of halogens is 2. The molecule has 1 atom stereocenters. The number of carbonyl (C=O) groups excluding carboxylic acids is 3. The van der Waals surface area contributed by atoms with E-state index in [4.69, 9.17) is 39.4 Å². The lowest BCUT2D eigenvalue weighted by Gasteiger charge is -2.13. The van der Waals surface area contributed by atoms with E-state index in [2.05, 4.69) is 0 Å². The van der Waals surface area contributed by atoms with Crippen LogP contribution in [-0.2, 0) is 9.53 Å². The topological polar surface area (TPSA) is 125 Å². The molecule has 9 heteroatoms. The van der Waals surface area contributed by atoms with Crippen LogP contribution in [0.25, 0.3) is 0 Å². The number of rotatable bonds is 3. The molecule has 20 heavy (non-hydrogen) atoms. The average molecular weight is 320 g/mol. The maximum Gasteiger partial charge on any atom is 0.341 e. The van der Waals surface area contributed by atoms with Crippen LogP contribution in [0.1, 0.15) is 17.3 Å². The molecule has 0 saturated heterocycles. The zero-order valence-corrected chi connectivity index (χ0v) is 11.8. The number of imide groups is 1. The van der Waals surface area contributed by atoms with Crippen LogP contribution in [0.2, 0.25) is 10.0 Å². The summed E-state index contributed by atoms with van der Waals surface area (Å²) in [7, 11) is 0. The highest BCUT2D eigenvalue weighted by Crippen LogP contribution is 2.28. The number of esters is 1. The minimum absolute atomic E-state index is 0.0245. The highest BCUT2D eigenvalue weighted by Gasteiger charge is 2.22. The molecule has 5 N–H and O–H groups in total. The zero-order valence-electron chi connectivity index (χ0n) is 10.3. The van der Waals surface area contributed by atoms with E-state index in [1.807, 2.05) is 0 Å². The normalized spacial score (nSPS) is 11.6. The number of amides is 3. The second-order valence-electron chi connectivity index (χ2n) is 3.75. The van der Waals surface area contributed by atoms with Crippen molar-refractivity contribution in [3.05, 3.63) is 27.7 Å². The molecule has 0 aliphatic heterocycles. The first kappa shape index (κ1) is 16.1. The molecular weight excluding hydrogens is 309 g/mol. The predicted molar refractivity (Wildman–Crippen MR) is 73.5 cm³/mol. The van der Waals surface area contributed by atoms with Crippen molar-refractivity contribution in [3.8, 4) is 0 Å². The van der Waals surface area contributed by atoms with Gasteiger partial charge < -0.3 is 16.2 Å². The smallest absolute Gasteiger partial charge is 0.341 e. The summed E-state index contributed by atoms with van der Waals surface area (Å²) in [4.78, 5) is 33.7. The van der Waals surface area contributed by atoms with E-state index in [1.54, 1.807) is 5.32 Å². The summed E-state index contributed by atoms with van der Waals surface area (Å²) < 4.78 is 4.83. The number of ether oxygens (including phenoxy) is 1. The number of benzene rings is 1. The summed E-state index contributed by atoms with van der Waals surface area (Å²) in [6.45, 7) is 1.26. The van der Waals surface area contributed by atoms with Gasteiger partial charge in [0.15, 0.2) is 6.10 Å². The number of nitrogens with two attached hydrogens (primary N) is 2. The molecule has 0 aliphatic carbocycles. The number of anilines is 1. The standard InChI is InChI=1S/C11H11Cl2N3O4/c1-4(9(17)16-11(15)19)20-10(18)6-2-5(12)3-7(13)8(6)14/h2-4H,14H2,1H3,(H3,15,16,17,19). The van der Waals surface area contributed by atoms with Crippen LogP contribution >= 0.6 is 23.2 Å². The molecule has 0 fully saturated rings. The van der Waals surface area contributed by atoms with E-state index >= 15 is 0 Å². The Morgan fingerprint density at radius 1 is 1.30 bits per heavy atom. The van der Waals surface area contributed by atoms with E-state index in [1.165, 1.54) is 19.1 Å². The Labute approximate surface area is 124 Å². The van der Waals surface area contributed by atoms with Crippen molar-refractivity contribution in [1.82, 2.24) is 5.32 Å². The second kappa shape index (κ2) is 6.44. The fraction of sp³-hybridized carbons (Fsp3) is 0.182. The van der Waals surface area contributed by atoms with Crippen LogP contribution in [0.3, 0.4) is 0 Å². The van der Waals surface area contributed by atoms with Crippen LogP contribution in [0.15, 0.2) is 12.1 Å². The molecule has 1 aromatic rings. The van der Waals surface area contributed by atoms with Crippen molar-refractivity contribution >= 4 is 46.8 Å². The largest absolute Gasteiger partial charge is 0.449 e. The van der Waals surface area contributed by atoms with Crippen molar-refractivity contribution in [3.63, 3.8) is 0 Å². The molecule has 0 aromatic heterocycles. The van der Waals surface area contributed by atoms with E-state index in [0.717, 1.165) is 0 Å². The van der Waals surface area contributed by atoms with Crippen molar-refractivity contribution in [2.24, 2.45) is 5.73 Å². The van der Waals surface area contributed by atoms with Crippen LogP contribution in [-0.4, -0.2) is 24.0 Å². The Kier molecular flexibility index (Phi) is 5.18. The summed E-state index contributed by atoms with van der Waals surface area (Å²) in [5.74, 6) is -1.77. The number of nitrogen functional groups attached to an aromatic ring is 1. The lowest BCUT2D eigenvalue weighted by molar-refractivity contribution is -0.127. The fourth-order valence-corrected chi connectivity index (χ4v) is 1.75. The summed E-state index contributed by atoms with van der Waals surface area (Å²) >= 11 is 11.5. The Bertz CT molecular complexity index is 577. The minimum atomic E-state index is -1.24. The van der Waals surface area contributed by atoms with Crippen molar-refractivity contribution < 1.29 is 19.1 Å². The Morgan fingerprint density at radius 2 is 1.90 bits per heavy atom. The van der Waals surface area contributed by atoms with Crippen LogP contribution in [0.4, 0.5) is 10.5 Å². The SMILES string of the molecule is CC(OC(=O)c1cc(Cl)cc(Cl)c1N)C(=O)NC(N)=O. The van der Waals surface area contributed by atoms with Gasteiger partial charge in [0.05, 0.1) is 16.3 Å². The number of primary amides is 1. The summed E-state index contributed by atoms with van der Waals surface area (Å²) in [6.07, 6.45) is -1.24. The number of hydrogen-bond donors (Lipinski definition) is 3. The maximum atomic E-state index is 11.9. The first-order valence-corrected chi connectivity index (χ1v) is 6.03. The van der Waals surface area contributed by atoms with Gasteiger partial charge in [-0.25, -0.2) is 9.59 Å². The van der Waals surface area contributed by atoms with E-state index in [-0.39, 0.29) is 21.3 Å². The third kappa shape index (κ3) is 4.01. The van der Waals surface area contributed by atoms with Crippen molar-refractivity contribution in [1.29, 1.82) is 0 Å². The lowest BCUT2D eigenvalue weighted by atomic mass is 10.2.